The Morgan fingerprint density at radius 1 is 1.27 bits per heavy atom. The summed E-state index contributed by atoms with van der Waals surface area (Å²) in [5.74, 6) is -0.838. The smallest absolute Gasteiger partial charge is 0.356 e. The minimum atomic E-state index is -0.510. The van der Waals surface area contributed by atoms with Gasteiger partial charge >= 0.3 is 5.97 Å². The molecule has 9 nitrogen and oxygen atoms in total. The average Bonchev–Trinajstić information content (AvgIpc) is 3.45. The van der Waals surface area contributed by atoms with Gasteiger partial charge in [-0.25, -0.2) is 9.78 Å². The third kappa shape index (κ3) is 5.14. The number of aromatic nitrogens is 2. The minimum absolute atomic E-state index is 0.0102. The molecular weight excluding hydrogens is 424 g/mol. The first kappa shape index (κ1) is 23.5. The molecule has 9 heteroatoms. The van der Waals surface area contributed by atoms with Crippen LogP contribution in [0.25, 0.3) is 11.0 Å². The van der Waals surface area contributed by atoms with E-state index in [1.807, 2.05) is 24.5 Å². The summed E-state index contributed by atoms with van der Waals surface area (Å²) in [7, 11) is 1.35. The fourth-order valence-corrected chi connectivity index (χ4v) is 4.42. The molecule has 0 bridgehead atoms. The summed E-state index contributed by atoms with van der Waals surface area (Å²) in [6.45, 7) is 6.47. The molecular formula is C24H34N4O5. The summed E-state index contributed by atoms with van der Waals surface area (Å²) in [4.78, 5) is 30.5. The van der Waals surface area contributed by atoms with Crippen molar-refractivity contribution in [3.63, 3.8) is 0 Å². The molecule has 2 aromatic rings. The molecule has 2 saturated heterocycles. The zero-order chi connectivity index (χ0) is 23.4. The standard InChI is InChI=1S/C24H34N4O5/c1-4-15(2)23(29)27-20-19-12-17(26-16-7-10-32-11-8-16)13-25-22(19)28(21(20)24(30)31-3)14-18-6-5-9-33-18/h12-13,15-16,18,26H,4-11,14H2,1-3H3,(H,27,29). The monoisotopic (exact) mass is 458 g/mol. The Balaban J connectivity index is 1.79. The molecule has 4 heterocycles. The van der Waals surface area contributed by atoms with E-state index in [0.29, 0.717) is 48.0 Å². The number of hydrogen-bond acceptors (Lipinski definition) is 7. The van der Waals surface area contributed by atoms with Gasteiger partial charge in [-0.2, -0.15) is 0 Å². The maximum absolute atomic E-state index is 12.9. The largest absolute Gasteiger partial charge is 0.464 e. The number of pyridine rings is 1. The Morgan fingerprint density at radius 3 is 2.73 bits per heavy atom. The van der Waals surface area contributed by atoms with E-state index in [2.05, 4.69) is 10.6 Å². The van der Waals surface area contributed by atoms with Gasteiger partial charge in [-0.1, -0.05) is 13.8 Å². The van der Waals surface area contributed by atoms with Gasteiger partial charge in [-0.05, 0) is 38.2 Å². The quantitative estimate of drug-likeness (QED) is 0.583. The third-order valence-electron chi connectivity index (χ3n) is 6.59. The highest BCUT2D eigenvalue weighted by atomic mass is 16.5. The van der Waals surface area contributed by atoms with Crippen molar-refractivity contribution in [2.45, 2.75) is 64.6 Å². The van der Waals surface area contributed by atoms with E-state index in [1.54, 1.807) is 6.20 Å². The molecule has 2 unspecified atom stereocenters. The third-order valence-corrected chi connectivity index (χ3v) is 6.59. The Kier molecular flexibility index (Phi) is 7.49. The molecule has 0 aliphatic carbocycles. The van der Waals surface area contributed by atoms with Gasteiger partial charge in [0.2, 0.25) is 5.91 Å². The molecule has 2 aromatic heterocycles. The van der Waals surface area contributed by atoms with Crippen molar-refractivity contribution >= 4 is 34.3 Å². The highest BCUT2D eigenvalue weighted by Crippen LogP contribution is 2.34. The lowest BCUT2D eigenvalue weighted by atomic mass is 10.1. The molecule has 2 aliphatic heterocycles. The molecule has 2 fully saturated rings. The van der Waals surface area contributed by atoms with Gasteiger partial charge in [0.1, 0.15) is 5.65 Å². The first-order valence-corrected chi connectivity index (χ1v) is 11.9. The van der Waals surface area contributed by atoms with E-state index >= 15 is 0 Å². The molecule has 180 valence electrons. The maximum atomic E-state index is 12.9. The van der Waals surface area contributed by atoms with Crippen molar-refractivity contribution in [2.24, 2.45) is 5.92 Å². The zero-order valence-electron chi connectivity index (χ0n) is 19.7. The summed E-state index contributed by atoms with van der Waals surface area (Å²) in [6.07, 6.45) is 6.21. The number of nitrogens with one attached hydrogen (secondary N) is 2. The predicted octanol–water partition coefficient (Wildman–Crippen LogP) is 3.58. The zero-order valence-corrected chi connectivity index (χ0v) is 19.7. The number of amides is 1. The van der Waals surface area contributed by atoms with Crippen LogP contribution in [-0.4, -0.2) is 60.5 Å². The molecule has 33 heavy (non-hydrogen) atoms. The van der Waals surface area contributed by atoms with Crippen LogP contribution >= 0.6 is 0 Å². The Labute approximate surface area is 194 Å². The molecule has 0 spiro atoms. The van der Waals surface area contributed by atoms with Crippen molar-refractivity contribution in [3.8, 4) is 0 Å². The van der Waals surface area contributed by atoms with Crippen LogP contribution in [0.15, 0.2) is 12.3 Å². The molecule has 2 atom stereocenters. The van der Waals surface area contributed by atoms with Gasteiger partial charge in [0.15, 0.2) is 5.69 Å². The lowest BCUT2D eigenvalue weighted by molar-refractivity contribution is -0.119. The van der Waals surface area contributed by atoms with E-state index in [1.165, 1.54) is 7.11 Å². The lowest BCUT2D eigenvalue weighted by Gasteiger charge is -2.24. The number of esters is 1. The van der Waals surface area contributed by atoms with Gasteiger partial charge in [0, 0.05) is 37.2 Å². The molecule has 1 amide bonds. The number of anilines is 2. The van der Waals surface area contributed by atoms with Gasteiger partial charge in [-0.15, -0.1) is 0 Å². The summed E-state index contributed by atoms with van der Waals surface area (Å²) < 4.78 is 18.2. The molecule has 0 aromatic carbocycles. The number of fused-ring (bicyclic) bond motifs is 1. The van der Waals surface area contributed by atoms with Crippen molar-refractivity contribution in [3.05, 3.63) is 18.0 Å². The second-order valence-electron chi connectivity index (χ2n) is 8.89. The Bertz CT molecular complexity index is 992. The van der Waals surface area contributed by atoms with Crippen molar-refractivity contribution in [1.29, 1.82) is 0 Å². The fourth-order valence-electron chi connectivity index (χ4n) is 4.42. The van der Waals surface area contributed by atoms with Crippen molar-refractivity contribution in [2.75, 3.05) is 37.6 Å². The van der Waals surface area contributed by atoms with Gasteiger partial charge in [0.05, 0.1) is 37.3 Å². The predicted molar refractivity (Wildman–Crippen MR) is 126 cm³/mol. The summed E-state index contributed by atoms with van der Waals surface area (Å²) in [6, 6.07) is 2.26. The first-order chi connectivity index (χ1) is 16.0. The Hall–Kier alpha value is -2.65. The Morgan fingerprint density at radius 2 is 2.06 bits per heavy atom. The number of carbonyl (C=O) groups excluding carboxylic acids is 2. The SMILES string of the molecule is CCC(C)C(=O)Nc1c(C(=O)OC)n(CC2CCCO2)c2ncc(NC3CCOCC3)cc12. The summed E-state index contributed by atoms with van der Waals surface area (Å²) in [5, 5.41) is 7.24. The highest BCUT2D eigenvalue weighted by molar-refractivity contribution is 6.11. The molecule has 0 radical (unpaired) electrons. The van der Waals surface area contributed by atoms with Gasteiger partial charge in [0.25, 0.3) is 0 Å². The molecule has 2 aliphatic rings. The summed E-state index contributed by atoms with van der Waals surface area (Å²) >= 11 is 0. The van der Waals surface area contributed by atoms with E-state index in [0.717, 1.165) is 44.6 Å². The van der Waals surface area contributed by atoms with Crippen molar-refractivity contribution < 1.29 is 23.8 Å². The summed E-state index contributed by atoms with van der Waals surface area (Å²) in [5.41, 5.74) is 2.22. The van der Waals surface area contributed by atoms with Crippen LogP contribution in [0, 0.1) is 5.92 Å². The molecule has 2 N–H and O–H groups in total. The fraction of sp³-hybridized carbons (Fsp3) is 0.625. The van der Waals surface area contributed by atoms with Crippen LogP contribution in [0.4, 0.5) is 11.4 Å². The normalized spacial score (nSPS) is 20.0. The number of methoxy groups -OCH3 is 1. The lowest BCUT2D eigenvalue weighted by Crippen LogP contribution is -2.27. The molecule has 0 saturated carbocycles. The highest BCUT2D eigenvalue weighted by Gasteiger charge is 2.29. The number of carbonyl (C=O) groups is 2. The number of ether oxygens (including phenoxy) is 3. The van der Waals surface area contributed by atoms with E-state index in [9.17, 15) is 9.59 Å². The molecule has 4 rings (SSSR count). The van der Waals surface area contributed by atoms with Crippen LogP contribution < -0.4 is 10.6 Å². The van der Waals surface area contributed by atoms with Crippen LogP contribution in [0.2, 0.25) is 0 Å². The number of rotatable bonds is 8. The first-order valence-electron chi connectivity index (χ1n) is 11.9. The number of nitrogens with zero attached hydrogens (tertiary/aromatic N) is 2. The second kappa shape index (κ2) is 10.5. The van der Waals surface area contributed by atoms with Crippen LogP contribution in [0.1, 0.15) is 56.4 Å². The van der Waals surface area contributed by atoms with E-state index < -0.39 is 5.97 Å². The van der Waals surface area contributed by atoms with Crippen molar-refractivity contribution in [1.82, 2.24) is 9.55 Å². The number of hydrogen-bond donors (Lipinski definition) is 2. The second-order valence-corrected chi connectivity index (χ2v) is 8.89. The van der Waals surface area contributed by atoms with E-state index in [4.69, 9.17) is 19.2 Å². The van der Waals surface area contributed by atoms with Gasteiger partial charge in [-0.3, -0.25) is 4.79 Å². The van der Waals surface area contributed by atoms with E-state index in [-0.39, 0.29) is 17.9 Å². The topological polar surface area (TPSA) is 104 Å². The van der Waals surface area contributed by atoms with Crippen LogP contribution in [0.5, 0.6) is 0 Å². The average molecular weight is 459 g/mol. The van der Waals surface area contributed by atoms with Gasteiger partial charge < -0.3 is 29.4 Å². The van der Waals surface area contributed by atoms with Crippen LogP contribution in [-0.2, 0) is 25.5 Å². The minimum Gasteiger partial charge on any atom is -0.464 e. The maximum Gasteiger partial charge on any atom is 0.356 e. The van der Waals surface area contributed by atoms with Crippen LogP contribution in [0.3, 0.4) is 0 Å².